The summed E-state index contributed by atoms with van der Waals surface area (Å²) in [6, 6.07) is 2.67. The fourth-order valence-electron chi connectivity index (χ4n) is 1.12. The van der Waals surface area contributed by atoms with Crippen molar-refractivity contribution >= 4 is 27.7 Å². The Labute approximate surface area is 107 Å². The number of nitrogens with zero attached hydrogens (tertiary/aromatic N) is 1. The van der Waals surface area contributed by atoms with Crippen LogP contribution in [0, 0.1) is 11.6 Å². The summed E-state index contributed by atoms with van der Waals surface area (Å²) < 4.78 is 27.2. The first-order valence-electron chi connectivity index (χ1n) is 4.87. The maximum absolute atomic E-state index is 13.5. The van der Waals surface area contributed by atoms with Gasteiger partial charge in [-0.05, 0) is 42.2 Å². The average Bonchev–Trinajstić information content (AvgIpc) is 2.22. The Morgan fingerprint density at radius 3 is 2.62 bits per heavy atom. The average molecular weight is 310 g/mol. The van der Waals surface area contributed by atoms with Crippen molar-refractivity contribution in [3.05, 3.63) is 33.8 Å². The van der Waals surface area contributed by atoms with E-state index in [4.69, 9.17) is 0 Å². The van der Waals surface area contributed by atoms with Crippen LogP contribution < -0.4 is 0 Å². The molecule has 0 radical (unpaired) electrons. The summed E-state index contributed by atoms with van der Waals surface area (Å²) in [6.45, 7) is 0.905. The lowest BCUT2D eigenvalue weighted by Crippen LogP contribution is -2.15. The Balaban J connectivity index is 2.56. The Morgan fingerprint density at radius 2 is 2.00 bits per heavy atom. The second-order valence-electron chi connectivity index (χ2n) is 3.68. The zero-order valence-corrected chi connectivity index (χ0v) is 11.7. The highest BCUT2D eigenvalue weighted by atomic mass is 79.9. The van der Waals surface area contributed by atoms with Crippen molar-refractivity contribution in [3.63, 3.8) is 0 Å². The molecule has 5 heteroatoms. The van der Waals surface area contributed by atoms with Gasteiger partial charge in [0.05, 0.1) is 4.47 Å². The summed E-state index contributed by atoms with van der Waals surface area (Å²) in [5.41, 5.74) is 0.151. The quantitative estimate of drug-likeness (QED) is 0.605. The van der Waals surface area contributed by atoms with E-state index in [1.54, 1.807) is 0 Å². The van der Waals surface area contributed by atoms with Crippen LogP contribution >= 0.6 is 27.7 Å². The van der Waals surface area contributed by atoms with E-state index in [9.17, 15) is 8.78 Å². The third kappa shape index (κ3) is 4.03. The van der Waals surface area contributed by atoms with Crippen molar-refractivity contribution in [2.75, 3.05) is 26.4 Å². The molecule has 1 rings (SSSR count). The Bertz CT molecular complexity index is 358. The molecule has 0 unspecified atom stereocenters. The molecule has 0 aliphatic carbocycles. The van der Waals surface area contributed by atoms with Gasteiger partial charge in [-0.25, -0.2) is 8.78 Å². The van der Waals surface area contributed by atoms with Gasteiger partial charge in [0.25, 0.3) is 0 Å². The number of hydrogen-bond acceptors (Lipinski definition) is 2. The molecule has 0 amide bonds. The lowest BCUT2D eigenvalue weighted by Gasteiger charge is -2.09. The van der Waals surface area contributed by atoms with Crippen molar-refractivity contribution < 1.29 is 8.78 Å². The molecule has 90 valence electrons. The summed E-state index contributed by atoms with van der Waals surface area (Å²) in [5, 5.41) is 0. The van der Waals surface area contributed by atoms with Gasteiger partial charge in [0.15, 0.2) is 0 Å². The first kappa shape index (κ1) is 13.9. The van der Waals surface area contributed by atoms with Gasteiger partial charge in [0.2, 0.25) is 0 Å². The molecule has 0 aliphatic heterocycles. The molecular formula is C11H14BrF2NS. The molecule has 0 bridgehead atoms. The number of thioether (sulfide) groups is 1. The summed E-state index contributed by atoms with van der Waals surface area (Å²) in [7, 11) is 3.95. The lowest BCUT2D eigenvalue weighted by molar-refractivity contribution is 0.437. The molecular weight excluding hydrogens is 296 g/mol. The maximum atomic E-state index is 13.5. The van der Waals surface area contributed by atoms with Gasteiger partial charge < -0.3 is 4.90 Å². The SMILES string of the molecule is CN(C)CCSCc1c(F)ccc(Br)c1F. The van der Waals surface area contributed by atoms with E-state index < -0.39 is 11.6 Å². The summed E-state index contributed by atoms with van der Waals surface area (Å²) in [5.74, 6) is 0.263. The van der Waals surface area contributed by atoms with E-state index in [0.29, 0.717) is 10.2 Å². The van der Waals surface area contributed by atoms with Gasteiger partial charge in [0, 0.05) is 23.6 Å². The number of halogens is 3. The molecule has 0 aliphatic rings. The maximum Gasteiger partial charge on any atom is 0.144 e. The minimum atomic E-state index is -0.489. The second-order valence-corrected chi connectivity index (χ2v) is 5.64. The predicted molar refractivity (Wildman–Crippen MR) is 68.8 cm³/mol. The largest absolute Gasteiger partial charge is 0.309 e. The first-order chi connectivity index (χ1) is 7.52. The third-order valence-corrected chi connectivity index (χ3v) is 3.64. The predicted octanol–water partition coefficient (Wildman–Crippen LogP) is 3.52. The molecule has 0 N–H and O–H groups in total. The highest BCUT2D eigenvalue weighted by molar-refractivity contribution is 9.10. The monoisotopic (exact) mass is 309 g/mol. The van der Waals surface area contributed by atoms with E-state index in [0.717, 1.165) is 12.3 Å². The molecule has 1 aromatic carbocycles. The normalized spacial score (nSPS) is 11.1. The van der Waals surface area contributed by atoms with Crippen LogP contribution in [0.1, 0.15) is 5.56 Å². The van der Waals surface area contributed by atoms with Gasteiger partial charge in [-0.1, -0.05) is 0 Å². The van der Waals surface area contributed by atoms with E-state index in [2.05, 4.69) is 15.9 Å². The van der Waals surface area contributed by atoms with Crippen LogP contribution in [0.3, 0.4) is 0 Å². The fourth-order valence-corrected chi connectivity index (χ4v) is 2.60. The van der Waals surface area contributed by atoms with E-state index >= 15 is 0 Å². The molecule has 16 heavy (non-hydrogen) atoms. The Morgan fingerprint density at radius 1 is 1.31 bits per heavy atom. The molecule has 0 spiro atoms. The molecule has 1 nitrogen and oxygen atoms in total. The number of benzene rings is 1. The third-order valence-electron chi connectivity index (χ3n) is 2.07. The molecule has 0 saturated carbocycles. The molecule has 0 atom stereocenters. The van der Waals surface area contributed by atoms with Crippen molar-refractivity contribution in [3.8, 4) is 0 Å². The highest BCUT2D eigenvalue weighted by Crippen LogP contribution is 2.25. The Hall–Kier alpha value is -0.130. The van der Waals surface area contributed by atoms with Crippen LogP contribution in [0.25, 0.3) is 0 Å². The summed E-state index contributed by atoms with van der Waals surface area (Å²) in [4.78, 5) is 2.04. The first-order valence-corrected chi connectivity index (χ1v) is 6.82. The molecule has 0 saturated heterocycles. The van der Waals surface area contributed by atoms with Gasteiger partial charge >= 0.3 is 0 Å². The van der Waals surface area contributed by atoms with Crippen LogP contribution in [-0.2, 0) is 5.75 Å². The van der Waals surface area contributed by atoms with Crippen molar-refractivity contribution in [2.24, 2.45) is 0 Å². The second kappa shape index (κ2) is 6.57. The molecule has 0 aromatic heterocycles. The molecule has 1 aromatic rings. The van der Waals surface area contributed by atoms with Crippen LogP contribution in [0.5, 0.6) is 0 Å². The van der Waals surface area contributed by atoms with Crippen LogP contribution in [-0.4, -0.2) is 31.3 Å². The van der Waals surface area contributed by atoms with E-state index in [1.807, 2.05) is 19.0 Å². The minimum Gasteiger partial charge on any atom is -0.309 e. The standard InChI is InChI=1S/C11H14BrF2NS/c1-15(2)5-6-16-7-8-10(13)4-3-9(12)11(8)14/h3-4H,5-7H2,1-2H3. The summed E-state index contributed by atoms with van der Waals surface area (Å²) >= 11 is 4.58. The molecule has 0 heterocycles. The van der Waals surface area contributed by atoms with Gasteiger partial charge in [-0.2, -0.15) is 11.8 Å². The van der Waals surface area contributed by atoms with Crippen LogP contribution in [0.15, 0.2) is 16.6 Å². The lowest BCUT2D eigenvalue weighted by atomic mass is 10.2. The zero-order valence-electron chi connectivity index (χ0n) is 9.27. The Kier molecular flexibility index (Phi) is 5.72. The molecule has 0 fully saturated rings. The number of rotatable bonds is 5. The summed E-state index contributed by atoms with van der Waals surface area (Å²) in [6.07, 6.45) is 0. The number of hydrogen-bond donors (Lipinski definition) is 0. The highest BCUT2D eigenvalue weighted by Gasteiger charge is 2.11. The minimum absolute atomic E-state index is 0.151. The topological polar surface area (TPSA) is 3.24 Å². The fraction of sp³-hybridized carbons (Fsp3) is 0.455. The smallest absolute Gasteiger partial charge is 0.144 e. The van der Waals surface area contributed by atoms with Gasteiger partial charge in [-0.3, -0.25) is 0 Å². The van der Waals surface area contributed by atoms with Gasteiger partial charge in [0.1, 0.15) is 11.6 Å². The van der Waals surface area contributed by atoms with E-state index in [1.165, 1.54) is 23.9 Å². The van der Waals surface area contributed by atoms with E-state index in [-0.39, 0.29) is 5.56 Å². The van der Waals surface area contributed by atoms with Gasteiger partial charge in [-0.15, -0.1) is 0 Å². The van der Waals surface area contributed by atoms with Crippen molar-refractivity contribution in [2.45, 2.75) is 5.75 Å². The van der Waals surface area contributed by atoms with Crippen LogP contribution in [0.2, 0.25) is 0 Å². The van der Waals surface area contributed by atoms with Crippen molar-refractivity contribution in [1.29, 1.82) is 0 Å². The van der Waals surface area contributed by atoms with Crippen LogP contribution in [0.4, 0.5) is 8.78 Å². The van der Waals surface area contributed by atoms with Crippen molar-refractivity contribution in [1.82, 2.24) is 4.90 Å². The zero-order chi connectivity index (χ0) is 12.1.